The maximum absolute atomic E-state index is 13.3. The van der Waals surface area contributed by atoms with Crippen molar-refractivity contribution in [3.63, 3.8) is 0 Å². The van der Waals surface area contributed by atoms with Crippen LogP contribution in [0.2, 0.25) is 0 Å². The van der Waals surface area contributed by atoms with Gasteiger partial charge in [-0.25, -0.2) is 8.78 Å². The summed E-state index contributed by atoms with van der Waals surface area (Å²) in [7, 11) is -2.44. The molecule has 0 atom stereocenters. The first-order valence-corrected chi connectivity index (χ1v) is 10.1. The quantitative estimate of drug-likeness (QED) is 0.530. The largest absolute Gasteiger partial charge is 0.277 e. The Morgan fingerprint density at radius 2 is 1.00 bits per heavy atom. The number of hydrogen-bond acceptors (Lipinski definition) is 0. The van der Waals surface area contributed by atoms with Crippen molar-refractivity contribution < 1.29 is 8.78 Å². The highest BCUT2D eigenvalue weighted by atomic mass is 35.5. The fourth-order valence-corrected chi connectivity index (χ4v) is 7.09. The van der Waals surface area contributed by atoms with E-state index in [1.165, 1.54) is 0 Å². The van der Waals surface area contributed by atoms with Crippen LogP contribution in [0.4, 0.5) is 8.78 Å². The summed E-state index contributed by atoms with van der Waals surface area (Å²) < 4.78 is 26.6. The van der Waals surface area contributed by atoms with E-state index in [0.717, 1.165) is 15.9 Å². The molecule has 0 aromatic heterocycles. The van der Waals surface area contributed by atoms with E-state index in [2.05, 4.69) is 0 Å². The zero-order valence-corrected chi connectivity index (χ0v) is 15.0. The first kappa shape index (κ1) is 17.8. The molecule has 3 aromatic rings. The van der Waals surface area contributed by atoms with Crippen LogP contribution < -0.4 is 15.9 Å². The molecule has 0 nitrogen and oxygen atoms in total. The number of hydrogen-bond donors (Lipinski definition) is 0. The highest BCUT2D eigenvalue weighted by Gasteiger charge is 2.44. The Balaban J connectivity index is 2.38. The molecule has 3 aromatic carbocycles. The van der Waals surface area contributed by atoms with E-state index < -0.39 is 18.7 Å². The number of allylic oxidation sites excluding steroid dienone is 1. The van der Waals surface area contributed by atoms with Gasteiger partial charge in [0.2, 0.25) is 0 Å². The molecule has 0 radical (unpaired) electrons. The molecule has 0 heterocycles. The van der Waals surface area contributed by atoms with Crippen LogP contribution in [0, 0.1) is 0 Å². The predicted molar refractivity (Wildman–Crippen MR) is 105 cm³/mol. The third-order valence-electron chi connectivity index (χ3n) is 4.02. The van der Waals surface area contributed by atoms with Crippen molar-refractivity contribution in [1.29, 1.82) is 0 Å². The van der Waals surface area contributed by atoms with Gasteiger partial charge in [-0.2, -0.15) is 0 Å². The third-order valence-corrected chi connectivity index (χ3v) is 8.45. The number of halogens is 3. The Morgan fingerprint density at radius 3 is 1.28 bits per heavy atom. The van der Waals surface area contributed by atoms with Gasteiger partial charge in [-0.05, 0) is 36.4 Å². The second-order valence-electron chi connectivity index (χ2n) is 5.54. The molecule has 4 heteroatoms. The molecular formula is C21H17ClF2P+. The topological polar surface area (TPSA) is 0 Å². The lowest BCUT2D eigenvalue weighted by molar-refractivity contribution is 0.199. The Bertz CT molecular complexity index is 737. The summed E-state index contributed by atoms with van der Waals surface area (Å²) in [4.78, 5) is 0. The minimum absolute atomic E-state index is 0.412. The molecule has 0 unspecified atom stereocenters. The lowest BCUT2D eigenvalue weighted by Gasteiger charge is -2.24. The second-order valence-corrected chi connectivity index (χ2v) is 9.23. The number of alkyl halides is 2. The first-order valence-electron chi connectivity index (χ1n) is 7.86. The van der Waals surface area contributed by atoms with Crippen molar-refractivity contribution in [1.82, 2.24) is 0 Å². The molecule has 0 amide bonds. The van der Waals surface area contributed by atoms with Crippen molar-refractivity contribution in [2.75, 3.05) is 0 Å². The minimum atomic E-state index is -2.70. The summed E-state index contributed by atoms with van der Waals surface area (Å²) in [6.07, 6.45) is -2.70. The fraction of sp³-hybridized carbons (Fsp3) is 0.0476. The molecular weight excluding hydrogens is 357 g/mol. The van der Waals surface area contributed by atoms with Crippen LogP contribution in [0.1, 0.15) is 0 Å². The van der Waals surface area contributed by atoms with E-state index in [1.54, 1.807) is 5.82 Å². The summed E-state index contributed by atoms with van der Waals surface area (Å²) in [5, 5.41) is 2.56. The summed E-state index contributed by atoms with van der Waals surface area (Å²) in [5.74, 6) is 1.58. The van der Waals surface area contributed by atoms with Gasteiger partial charge in [-0.1, -0.05) is 66.2 Å². The second kappa shape index (κ2) is 7.91. The standard InChI is InChI=1S/C21H17ClF2P/c22-20(21(23)24)16-25(17-10-4-1-5-11-17,18-12-6-2-7-13-18)19-14-8-3-9-15-19/h1-16,21H/q+1/b20-16-. The summed E-state index contributed by atoms with van der Waals surface area (Å²) >= 11 is 5.99. The van der Waals surface area contributed by atoms with Gasteiger partial charge >= 0.3 is 0 Å². The molecule has 0 aliphatic rings. The number of benzene rings is 3. The lowest BCUT2D eigenvalue weighted by Crippen LogP contribution is -2.30. The highest BCUT2D eigenvalue weighted by Crippen LogP contribution is 2.58. The predicted octanol–water partition coefficient (Wildman–Crippen LogP) is 5.33. The van der Waals surface area contributed by atoms with Crippen LogP contribution in [-0.2, 0) is 0 Å². The average molecular weight is 374 g/mol. The van der Waals surface area contributed by atoms with Gasteiger partial charge in [0, 0.05) is 0 Å². The van der Waals surface area contributed by atoms with Gasteiger partial charge in [-0.15, -0.1) is 0 Å². The molecule has 0 saturated carbocycles. The van der Waals surface area contributed by atoms with Crippen LogP contribution >= 0.6 is 18.9 Å². The molecule has 0 bridgehead atoms. The van der Waals surface area contributed by atoms with E-state index in [9.17, 15) is 8.78 Å². The zero-order valence-electron chi connectivity index (χ0n) is 13.4. The number of rotatable bonds is 5. The van der Waals surface area contributed by atoms with E-state index in [0.29, 0.717) is 0 Å². The van der Waals surface area contributed by atoms with Gasteiger partial charge < -0.3 is 0 Å². The lowest BCUT2D eigenvalue weighted by atomic mass is 10.4. The van der Waals surface area contributed by atoms with E-state index >= 15 is 0 Å². The maximum Gasteiger partial charge on any atom is 0.277 e. The molecule has 0 fully saturated rings. The normalized spacial score (nSPS) is 12.4. The van der Waals surface area contributed by atoms with Crippen molar-refractivity contribution >= 4 is 34.8 Å². The van der Waals surface area contributed by atoms with Crippen LogP contribution in [-0.4, -0.2) is 6.43 Å². The Labute approximate surface area is 152 Å². The van der Waals surface area contributed by atoms with Gasteiger partial charge in [-0.3, -0.25) is 0 Å². The average Bonchev–Trinajstić information content (AvgIpc) is 2.68. The van der Waals surface area contributed by atoms with Crippen molar-refractivity contribution in [3.8, 4) is 0 Å². The molecule has 126 valence electrons. The molecule has 0 N–H and O–H groups in total. The van der Waals surface area contributed by atoms with Gasteiger partial charge in [0.25, 0.3) is 6.43 Å². The van der Waals surface area contributed by atoms with Gasteiger partial charge in [0.1, 0.15) is 28.2 Å². The SMILES string of the molecule is FC(F)/C(Cl)=C/[P+](c1ccccc1)(c1ccccc1)c1ccccc1. The first-order chi connectivity index (χ1) is 12.1. The Hall–Kier alpha value is -2.02. The monoisotopic (exact) mass is 373 g/mol. The molecule has 0 spiro atoms. The molecule has 0 aliphatic heterocycles. The summed E-state index contributed by atoms with van der Waals surface area (Å²) in [5.41, 5.74) is 0. The van der Waals surface area contributed by atoms with Gasteiger partial charge in [0.05, 0.1) is 5.82 Å². The smallest absolute Gasteiger partial charge is 0.204 e. The van der Waals surface area contributed by atoms with E-state index in [1.807, 2.05) is 91.0 Å². The molecule has 25 heavy (non-hydrogen) atoms. The Morgan fingerprint density at radius 1 is 0.680 bits per heavy atom. The van der Waals surface area contributed by atoms with Crippen LogP contribution in [0.15, 0.2) is 102 Å². The van der Waals surface area contributed by atoms with Crippen LogP contribution in [0.25, 0.3) is 0 Å². The van der Waals surface area contributed by atoms with E-state index in [-0.39, 0.29) is 0 Å². The van der Waals surface area contributed by atoms with Crippen LogP contribution in [0.5, 0.6) is 0 Å². The minimum Gasteiger partial charge on any atom is -0.204 e. The van der Waals surface area contributed by atoms with Gasteiger partial charge in [0.15, 0.2) is 0 Å². The summed E-state index contributed by atoms with van der Waals surface area (Å²) in [6.45, 7) is 0. The Kier molecular flexibility index (Phi) is 5.63. The fourth-order valence-electron chi connectivity index (χ4n) is 2.90. The summed E-state index contributed by atoms with van der Waals surface area (Å²) in [6, 6.07) is 29.3. The maximum atomic E-state index is 13.3. The highest BCUT2D eigenvalue weighted by molar-refractivity contribution is 7.98. The molecule has 0 aliphatic carbocycles. The third kappa shape index (κ3) is 3.66. The zero-order chi connectivity index (χ0) is 17.7. The molecule has 0 saturated heterocycles. The van der Waals surface area contributed by atoms with Crippen molar-refractivity contribution in [2.45, 2.75) is 6.43 Å². The van der Waals surface area contributed by atoms with E-state index in [4.69, 9.17) is 11.6 Å². The van der Waals surface area contributed by atoms with Crippen molar-refractivity contribution in [3.05, 3.63) is 102 Å². The van der Waals surface area contributed by atoms with Crippen molar-refractivity contribution in [2.24, 2.45) is 0 Å². The van der Waals surface area contributed by atoms with Crippen LogP contribution in [0.3, 0.4) is 0 Å². The molecule has 3 rings (SSSR count).